The normalized spacial score (nSPS) is 11.4. The third-order valence-electron chi connectivity index (χ3n) is 6.42. The van der Waals surface area contributed by atoms with E-state index in [1.165, 1.54) is 4.90 Å². The maximum absolute atomic E-state index is 13.2. The number of carbonyl (C=O) groups is 3. The highest BCUT2D eigenvalue weighted by atomic mass is 16.2. The molecule has 0 fully saturated rings. The van der Waals surface area contributed by atoms with Crippen molar-refractivity contribution in [1.82, 2.24) is 4.90 Å². The summed E-state index contributed by atoms with van der Waals surface area (Å²) in [6.07, 6.45) is 0. The van der Waals surface area contributed by atoms with Gasteiger partial charge in [-0.1, -0.05) is 48.5 Å². The number of nitriles is 1. The average molecular weight is 512 g/mol. The van der Waals surface area contributed by atoms with Gasteiger partial charge in [-0.15, -0.1) is 0 Å². The molecular weight excluding hydrogens is 478 g/mol. The van der Waals surface area contributed by atoms with Crippen molar-refractivity contribution in [2.75, 3.05) is 29.0 Å². The lowest BCUT2D eigenvalue weighted by Crippen LogP contribution is -2.49. The number of para-hydroxylation sites is 3. The summed E-state index contributed by atoms with van der Waals surface area (Å²) in [7, 11) is 0. The van der Waals surface area contributed by atoms with Gasteiger partial charge < -0.3 is 16.0 Å². The largest absolute Gasteiger partial charge is 0.324 e. The van der Waals surface area contributed by atoms with Crippen molar-refractivity contribution in [1.29, 1.82) is 5.26 Å². The number of carbonyl (C=O) groups excluding carboxylic acids is 3. The molecule has 0 spiro atoms. The van der Waals surface area contributed by atoms with Crippen LogP contribution in [0.3, 0.4) is 0 Å². The fourth-order valence-corrected chi connectivity index (χ4v) is 4.17. The molecule has 0 saturated carbocycles. The van der Waals surface area contributed by atoms with Crippen LogP contribution in [0.4, 0.5) is 17.1 Å². The summed E-state index contributed by atoms with van der Waals surface area (Å²) in [5.41, 5.74) is 5.75. The van der Waals surface area contributed by atoms with Crippen molar-refractivity contribution in [3.05, 3.63) is 88.5 Å². The molecule has 3 amide bonds. The van der Waals surface area contributed by atoms with Crippen LogP contribution in [-0.4, -0.2) is 41.8 Å². The lowest BCUT2D eigenvalue weighted by Gasteiger charge is -2.28. The second kappa shape index (κ2) is 12.7. The number of rotatable bonds is 9. The third kappa shape index (κ3) is 7.05. The Kier molecular flexibility index (Phi) is 9.36. The van der Waals surface area contributed by atoms with E-state index < -0.39 is 11.9 Å². The van der Waals surface area contributed by atoms with Gasteiger partial charge in [0, 0.05) is 11.4 Å². The molecule has 0 aromatic heterocycles. The van der Waals surface area contributed by atoms with E-state index in [4.69, 9.17) is 0 Å². The molecule has 8 heteroatoms. The predicted molar refractivity (Wildman–Crippen MR) is 150 cm³/mol. The first-order valence-electron chi connectivity index (χ1n) is 12.4. The third-order valence-corrected chi connectivity index (χ3v) is 6.42. The van der Waals surface area contributed by atoms with Crippen molar-refractivity contribution >= 4 is 34.8 Å². The van der Waals surface area contributed by atoms with E-state index in [-0.39, 0.29) is 24.9 Å². The number of benzene rings is 3. The molecule has 0 bridgehead atoms. The van der Waals surface area contributed by atoms with Crippen LogP contribution >= 0.6 is 0 Å². The Bertz CT molecular complexity index is 1280. The van der Waals surface area contributed by atoms with Crippen LogP contribution in [0.2, 0.25) is 0 Å². The van der Waals surface area contributed by atoms with E-state index in [0.29, 0.717) is 22.6 Å². The van der Waals surface area contributed by atoms with Gasteiger partial charge in [0.15, 0.2) is 0 Å². The molecule has 0 aliphatic carbocycles. The molecule has 196 valence electrons. The fourth-order valence-electron chi connectivity index (χ4n) is 4.17. The topological polar surface area (TPSA) is 114 Å². The number of nitrogens with zero attached hydrogens (tertiary/aromatic N) is 2. The zero-order valence-electron chi connectivity index (χ0n) is 22.4. The van der Waals surface area contributed by atoms with Crippen LogP contribution in [0, 0.1) is 39.0 Å². The maximum Gasteiger partial charge on any atom is 0.241 e. The summed E-state index contributed by atoms with van der Waals surface area (Å²) in [5.74, 6) is -1.13. The van der Waals surface area contributed by atoms with Gasteiger partial charge in [0.1, 0.15) is 6.07 Å². The van der Waals surface area contributed by atoms with E-state index in [1.807, 2.05) is 64.1 Å². The summed E-state index contributed by atoms with van der Waals surface area (Å²) in [5, 5.41) is 18.0. The van der Waals surface area contributed by atoms with Crippen LogP contribution in [0.1, 0.15) is 34.7 Å². The molecule has 1 atom stereocenters. The zero-order chi connectivity index (χ0) is 27.8. The highest BCUT2D eigenvalue weighted by Crippen LogP contribution is 2.21. The van der Waals surface area contributed by atoms with Gasteiger partial charge in [-0.05, 0) is 69.0 Å². The summed E-state index contributed by atoms with van der Waals surface area (Å²) in [4.78, 5) is 40.9. The van der Waals surface area contributed by atoms with Gasteiger partial charge >= 0.3 is 0 Å². The summed E-state index contributed by atoms with van der Waals surface area (Å²) in [6.45, 7) is 8.86. The number of amides is 3. The molecular formula is C30H33N5O3. The van der Waals surface area contributed by atoms with E-state index >= 15 is 0 Å². The smallest absolute Gasteiger partial charge is 0.241 e. The molecule has 0 aliphatic rings. The molecule has 0 radical (unpaired) electrons. The Morgan fingerprint density at radius 2 is 1.18 bits per heavy atom. The molecule has 0 aliphatic heterocycles. The summed E-state index contributed by atoms with van der Waals surface area (Å²) in [6, 6.07) is 19.3. The first-order valence-corrected chi connectivity index (χ1v) is 12.4. The standard InChI is InChI=1S/C30H33N5O3/c1-19-10-8-11-20(2)28(19)33-26(36)17-35(18-27(37)34-29-21(3)12-9-13-22(29)4)23(5)30(38)32-25-15-7-6-14-24(25)16-31/h6-15,23H,17-18H2,1-5H3,(H,32,38)(H,33,36)(H,34,37)/t23-/m0/s1. The Labute approximate surface area is 223 Å². The molecule has 0 saturated heterocycles. The number of nitrogens with one attached hydrogen (secondary N) is 3. The van der Waals surface area contributed by atoms with Crippen molar-refractivity contribution in [3.8, 4) is 6.07 Å². The van der Waals surface area contributed by atoms with E-state index in [9.17, 15) is 19.6 Å². The van der Waals surface area contributed by atoms with Gasteiger partial charge in [-0.2, -0.15) is 5.26 Å². The van der Waals surface area contributed by atoms with Gasteiger partial charge in [0.25, 0.3) is 0 Å². The highest BCUT2D eigenvalue weighted by Gasteiger charge is 2.27. The molecule has 3 aromatic rings. The molecule has 3 N–H and O–H groups in total. The number of aryl methyl sites for hydroxylation is 4. The van der Waals surface area contributed by atoms with Crippen molar-refractivity contribution in [2.24, 2.45) is 0 Å². The van der Waals surface area contributed by atoms with E-state index in [0.717, 1.165) is 22.3 Å². The minimum absolute atomic E-state index is 0.192. The Morgan fingerprint density at radius 1 is 0.737 bits per heavy atom. The summed E-state index contributed by atoms with van der Waals surface area (Å²) < 4.78 is 0. The molecule has 3 rings (SSSR count). The molecule has 8 nitrogen and oxygen atoms in total. The van der Waals surface area contributed by atoms with Gasteiger partial charge in [0.05, 0.1) is 30.4 Å². The lowest BCUT2D eigenvalue weighted by atomic mass is 10.1. The monoisotopic (exact) mass is 511 g/mol. The second-order valence-corrected chi connectivity index (χ2v) is 9.36. The lowest BCUT2D eigenvalue weighted by molar-refractivity contribution is -0.125. The minimum Gasteiger partial charge on any atom is -0.324 e. The first kappa shape index (κ1) is 28.1. The molecule has 38 heavy (non-hydrogen) atoms. The Balaban J connectivity index is 1.82. The number of anilines is 3. The van der Waals surface area contributed by atoms with E-state index in [2.05, 4.69) is 22.0 Å². The van der Waals surface area contributed by atoms with Crippen molar-refractivity contribution < 1.29 is 14.4 Å². The Morgan fingerprint density at radius 3 is 1.63 bits per heavy atom. The fraction of sp³-hybridized carbons (Fsp3) is 0.267. The zero-order valence-corrected chi connectivity index (χ0v) is 22.4. The van der Waals surface area contributed by atoms with Crippen LogP contribution in [0.5, 0.6) is 0 Å². The minimum atomic E-state index is -0.853. The maximum atomic E-state index is 13.2. The van der Waals surface area contributed by atoms with Gasteiger partial charge in [-0.25, -0.2) is 0 Å². The van der Waals surface area contributed by atoms with Crippen molar-refractivity contribution in [2.45, 2.75) is 40.7 Å². The number of hydrogen-bond acceptors (Lipinski definition) is 5. The van der Waals surface area contributed by atoms with Crippen LogP contribution in [0.15, 0.2) is 60.7 Å². The predicted octanol–water partition coefficient (Wildman–Crippen LogP) is 4.70. The average Bonchev–Trinajstić information content (AvgIpc) is 2.88. The van der Waals surface area contributed by atoms with Crippen molar-refractivity contribution in [3.63, 3.8) is 0 Å². The molecule has 3 aromatic carbocycles. The first-order chi connectivity index (χ1) is 18.1. The highest BCUT2D eigenvalue weighted by molar-refractivity contribution is 5.99. The van der Waals surface area contributed by atoms with Crippen LogP contribution in [-0.2, 0) is 14.4 Å². The Hall–Kier alpha value is -4.48. The van der Waals surface area contributed by atoms with Gasteiger partial charge in [-0.3, -0.25) is 19.3 Å². The van der Waals surface area contributed by atoms with E-state index in [1.54, 1.807) is 31.2 Å². The molecule has 0 unspecified atom stereocenters. The van der Waals surface area contributed by atoms with Crippen LogP contribution in [0.25, 0.3) is 0 Å². The quantitative estimate of drug-likeness (QED) is 0.385. The number of hydrogen-bond donors (Lipinski definition) is 3. The SMILES string of the molecule is Cc1cccc(C)c1NC(=O)CN(CC(=O)Nc1c(C)cccc1C)[C@@H](C)C(=O)Nc1ccccc1C#N. The summed E-state index contributed by atoms with van der Waals surface area (Å²) >= 11 is 0. The molecule has 0 heterocycles. The second-order valence-electron chi connectivity index (χ2n) is 9.36. The van der Waals surface area contributed by atoms with Crippen LogP contribution < -0.4 is 16.0 Å². The van der Waals surface area contributed by atoms with Gasteiger partial charge in [0.2, 0.25) is 17.7 Å².